The van der Waals surface area contributed by atoms with Gasteiger partial charge in [-0.3, -0.25) is 4.99 Å². The number of nitrogens with zero attached hydrogens (tertiary/aromatic N) is 1. The lowest BCUT2D eigenvalue weighted by molar-refractivity contribution is 0.411. The van der Waals surface area contributed by atoms with Gasteiger partial charge in [0.2, 0.25) is 0 Å². The second-order valence-electron chi connectivity index (χ2n) is 5.74. The Morgan fingerprint density at radius 1 is 1.15 bits per heavy atom. The average molecular weight is 274 g/mol. The third-order valence-electron chi connectivity index (χ3n) is 4.04. The van der Waals surface area contributed by atoms with Crippen molar-refractivity contribution in [3.63, 3.8) is 0 Å². The van der Waals surface area contributed by atoms with Crippen molar-refractivity contribution in [2.45, 2.75) is 59.3 Å². The highest BCUT2D eigenvalue weighted by Gasteiger charge is 2.08. The van der Waals surface area contributed by atoms with E-state index in [-0.39, 0.29) is 0 Å². The van der Waals surface area contributed by atoms with E-state index in [9.17, 15) is 0 Å². The normalized spacial score (nSPS) is 12.2. The van der Waals surface area contributed by atoms with Gasteiger partial charge in [-0.05, 0) is 36.8 Å². The van der Waals surface area contributed by atoms with Crippen molar-refractivity contribution in [2.24, 2.45) is 16.6 Å². The molecule has 0 aliphatic carbocycles. The van der Waals surface area contributed by atoms with Crippen molar-refractivity contribution in [3.8, 4) is 0 Å². The Bertz CT molecular complexity index is 429. The minimum Gasteiger partial charge on any atom is -0.384 e. The lowest BCUT2D eigenvalue weighted by atomic mass is 9.91. The molecular formula is C18H30N2. The molecule has 0 heterocycles. The quantitative estimate of drug-likeness (QED) is 0.551. The molecule has 0 saturated heterocycles. The van der Waals surface area contributed by atoms with Crippen LogP contribution in [-0.4, -0.2) is 12.9 Å². The number of nitrogens with two attached hydrogens (primary N) is 1. The van der Waals surface area contributed by atoms with Gasteiger partial charge in [-0.25, -0.2) is 0 Å². The first-order chi connectivity index (χ1) is 9.62. The van der Waals surface area contributed by atoms with Gasteiger partial charge in [-0.2, -0.15) is 0 Å². The van der Waals surface area contributed by atoms with Crippen LogP contribution in [0.3, 0.4) is 0 Å². The van der Waals surface area contributed by atoms with Gasteiger partial charge in [0, 0.05) is 12.6 Å². The number of aliphatic imine (C=N–C) groups is 1. The van der Waals surface area contributed by atoms with Gasteiger partial charge < -0.3 is 5.73 Å². The van der Waals surface area contributed by atoms with Crippen molar-refractivity contribution in [3.05, 3.63) is 34.9 Å². The smallest absolute Gasteiger partial charge is 0.125 e. The molecule has 0 radical (unpaired) electrons. The highest BCUT2D eigenvalue weighted by molar-refractivity contribution is 5.98. The zero-order valence-corrected chi connectivity index (χ0v) is 13.6. The SMILES string of the molecule is CCCC(CCC)CCc1ccc(C(N)=NC)c(C)c1. The lowest BCUT2D eigenvalue weighted by Gasteiger charge is -2.15. The summed E-state index contributed by atoms with van der Waals surface area (Å²) >= 11 is 0. The third kappa shape index (κ3) is 4.99. The fraction of sp³-hybridized carbons (Fsp3) is 0.611. The Morgan fingerprint density at radius 3 is 2.30 bits per heavy atom. The minimum absolute atomic E-state index is 0.629. The number of rotatable bonds is 8. The number of hydrogen-bond donors (Lipinski definition) is 1. The molecule has 0 amide bonds. The fourth-order valence-corrected chi connectivity index (χ4v) is 2.91. The number of benzene rings is 1. The Labute approximate surface area is 124 Å². The number of aryl methyl sites for hydroxylation is 2. The molecule has 1 aromatic rings. The van der Waals surface area contributed by atoms with Gasteiger partial charge in [0.15, 0.2) is 0 Å². The van der Waals surface area contributed by atoms with Crippen LogP contribution < -0.4 is 5.73 Å². The Morgan fingerprint density at radius 2 is 1.80 bits per heavy atom. The molecule has 0 aromatic heterocycles. The van der Waals surface area contributed by atoms with Crippen LogP contribution in [0.15, 0.2) is 23.2 Å². The average Bonchev–Trinajstić information content (AvgIpc) is 2.44. The second-order valence-corrected chi connectivity index (χ2v) is 5.74. The first-order valence-corrected chi connectivity index (χ1v) is 7.94. The van der Waals surface area contributed by atoms with Crippen LogP contribution in [0.2, 0.25) is 0 Å². The molecule has 2 nitrogen and oxygen atoms in total. The first-order valence-electron chi connectivity index (χ1n) is 7.94. The topological polar surface area (TPSA) is 38.4 Å². The molecule has 0 bridgehead atoms. The summed E-state index contributed by atoms with van der Waals surface area (Å²) in [6.07, 6.45) is 7.80. The van der Waals surface area contributed by atoms with Crippen molar-refractivity contribution in [1.82, 2.24) is 0 Å². The third-order valence-corrected chi connectivity index (χ3v) is 4.04. The highest BCUT2D eigenvalue weighted by Crippen LogP contribution is 2.21. The molecule has 0 unspecified atom stereocenters. The van der Waals surface area contributed by atoms with E-state index in [1.165, 1.54) is 49.7 Å². The summed E-state index contributed by atoms with van der Waals surface area (Å²) in [6.45, 7) is 6.69. The van der Waals surface area contributed by atoms with Gasteiger partial charge in [0.25, 0.3) is 0 Å². The number of hydrogen-bond acceptors (Lipinski definition) is 1. The molecule has 0 aliphatic heterocycles. The molecule has 112 valence electrons. The largest absolute Gasteiger partial charge is 0.384 e. The Kier molecular flexibility index (Phi) is 7.35. The predicted molar refractivity (Wildman–Crippen MR) is 89.5 cm³/mol. The molecular weight excluding hydrogens is 244 g/mol. The van der Waals surface area contributed by atoms with Crippen molar-refractivity contribution in [2.75, 3.05) is 7.05 Å². The summed E-state index contributed by atoms with van der Waals surface area (Å²) < 4.78 is 0. The van der Waals surface area contributed by atoms with E-state index in [2.05, 4.69) is 44.0 Å². The van der Waals surface area contributed by atoms with Gasteiger partial charge in [0.05, 0.1) is 0 Å². The van der Waals surface area contributed by atoms with E-state index in [1.807, 2.05) is 0 Å². The van der Waals surface area contributed by atoms with Gasteiger partial charge in [0.1, 0.15) is 5.84 Å². The van der Waals surface area contributed by atoms with E-state index in [1.54, 1.807) is 7.05 Å². The van der Waals surface area contributed by atoms with E-state index in [0.717, 1.165) is 11.5 Å². The summed E-state index contributed by atoms with van der Waals surface area (Å²) in [5.74, 6) is 1.51. The molecule has 0 aliphatic rings. The Hall–Kier alpha value is -1.31. The fourth-order valence-electron chi connectivity index (χ4n) is 2.91. The minimum atomic E-state index is 0.629. The van der Waals surface area contributed by atoms with E-state index < -0.39 is 0 Å². The van der Waals surface area contributed by atoms with Crippen molar-refractivity contribution in [1.29, 1.82) is 0 Å². The van der Waals surface area contributed by atoms with Gasteiger partial charge in [-0.15, -0.1) is 0 Å². The molecule has 1 rings (SSSR count). The summed E-state index contributed by atoms with van der Waals surface area (Å²) in [5.41, 5.74) is 9.61. The zero-order valence-electron chi connectivity index (χ0n) is 13.6. The second kappa shape index (κ2) is 8.78. The van der Waals surface area contributed by atoms with Crippen LogP contribution in [0.5, 0.6) is 0 Å². The molecule has 0 fully saturated rings. The molecule has 20 heavy (non-hydrogen) atoms. The maximum Gasteiger partial charge on any atom is 0.125 e. The molecule has 1 aromatic carbocycles. The van der Waals surface area contributed by atoms with E-state index in [4.69, 9.17) is 5.73 Å². The van der Waals surface area contributed by atoms with Gasteiger partial charge in [-0.1, -0.05) is 57.7 Å². The van der Waals surface area contributed by atoms with Crippen LogP contribution in [0.4, 0.5) is 0 Å². The maximum atomic E-state index is 5.90. The molecule has 0 atom stereocenters. The summed E-state index contributed by atoms with van der Waals surface area (Å²) in [7, 11) is 1.74. The summed E-state index contributed by atoms with van der Waals surface area (Å²) in [4.78, 5) is 4.07. The maximum absolute atomic E-state index is 5.90. The molecule has 0 saturated carbocycles. The monoisotopic (exact) mass is 274 g/mol. The van der Waals surface area contributed by atoms with E-state index in [0.29, 0.717) is 5.84 Å². The van der Waals surface area contributed by atoms with Crippen LogP contribution in [0.1, 0.15) is 62.6 Å². The van der Waals surface area contributed by atoms with Crippen LogP contribution in [0.25, 0.3) is 0 Å². The molecule has 0 spiro atoms. The zero-order chi connectivity index (χ0) is 15.0. The molecule has 2 N–H and O–H groups in total. The predicted octanol–water partition coefficient (Wildman–Crippen LogP) is 4.48. The Balaban J connectivity index is 2.67. The number of amidine groups is 1. The highest BCUT2D eigenvalue weighted by atomic mass is 14.8. The summed E-state index contributed by atoms with van der Waals surface area (Å²) in [5, 5.41) is 0. The molecule has 2 heteroatoms. The van der Waals surface area contributed by atoms with Crippen LogP contribution >= 0.6 is 0 Å². The van der Waals surface area contributed by atoms with Crippen molar-refractivity contribution < 1.29 is 0 Å². The van der Waals surface area contributed by atoms with E-state index >= 15 is 0 Å². The first kappa shape index (κ1) is 16.7. The van der Waals surface area contributed by atoms with Crippen LogP contribution in [0, 0.1) is 12.8 Å². The van der Waals surface area contributed by atoms with Crippen molar-refractivity contribution >= 4 is 5.84 Å². The van der Waals surface area contributed by atoms with Crippen LogP contribution in [-0.2, 0) is 6.42 Å². The lowest BCUT2D eigenvalue weighted by Crippen LogP contribution is -2.14. The standard InChI is InChI=1S/C18H30N2/c1-5-7-15(8-6-2)9-10-16-11-12-17(14(3)13-16)18(19)20-4/h11-13,15H,5-10H2,1-4H3,(H2,19,20). The summed E-state index contributed by atoms with van der Waals surface area (Å²) in [6, 6.07) is 6.58. The van der Waals surface area contributed by atoms with Gasteiger partial charge >= 0.3 is 0 Å².